The van der Waals surface area contributed by atoms with Crippen molar-refractivity contribution in [2.75, 3.05) is 33.2 Å². The van der Waals surface area contributed by atoms with Gasteiger partial charge in [-0.25, -0.2) is 0 Å². The number of carbonyl (C=O) groups is 1. The topological polar surface area (TPSA) is 41.4 Å². The van der Waals surface area contributed by atoms with Crippen molar-refractivity contribution in [1.29, 1.82) is 0 Å². The first-order valence-electron chi connectivity index (χ1n) is 7.05. The van der Waals surface area contributed by atoms with Crippen molar-refractivity contribution in [3.63, 3.8) is 0 Å². The third-order valence-electron chi connectivity index (χ3n) is 4.18. The minimum atomic E-state index is 0.153. The van der Waals surface area contributed by atoms with Crippen molar-refractivity contribution in [3.8, 4) is 0 Å². The lowest BCUT2D eigenvalue weighted by atomic mass is 9.73. The van der Waals surface area contributed by atoms with Gasteiger partial charge in [-0.05, 0) is 20.4 Å². The zero-order chi connectivity index (χ0) is 13.6. The van der Waals surface area contributed by atoms with Crippen molar-refractivity contribution in [3.05, 3.63) is 17.5 Å². The van der Waals surface area contributed by atoms with Gasteiger partial charge in [-0.1, -0.05) is 6.92 Å². The Morgan fingerprint density at radius 2 is 2.05 bits per heavy atom. The van der Waals surface area contributed by atoms with Gasteiger partial charge in [0, 0.05) is 44.3 Å². The number of hydrogen-bond donors (Lipinski definition) is 0. The first kappa shape index (κ1) is 12.7. The Balaban J connectivity index is 1.65. The second-order valence-electron chi connectivity index (χ2n) is 6.22. The molecule has 2 aliphatic heterocycles. The quantitative estimate of drug-likeness (QED) is 0.815. The van der Waals surface area contributed by atoms with E-state index >= 15 is 0 Å². The summed E-state index contributed by atoms with van der Waals surface area (Å²) < 4.78 is 1.88. The second kappa shape index (κ2) is 4.34. The van der Waals surface area contributed by atoms with Gasteiger partial charge < -0.3 is 9.80 Å². The Labute approximate surface area is 114 Å². The highest BCUT2D eigenvalue weighted by Crippen LogP contribution is 2.39. The minimum Gasteiger partial charge on any atom is -0.337 e. The van der Waals surface area contributed by atoms with Crippen LogP contribution in [0.4, 0.5) is 0 Å². The summed E-state index contributed by atoms with van der Waals surface area (Å²) in [5.74, 6) is 0.153. The number of rotatable bonds is 3. The van der Waals surface area contributed by atoms with Crippen molar-refractivity contribution in [2.45, 2.75) is 26.8 Å². The van der Waals surface area contributed by atoms with Crippen LogP contribution in [0.3, 0.4) is 0 Å². The third-order valence-corrected chi connectivity index (χ3v) is 4.18. The minimum absolute atomic E-state index is 0.153. The summed E-state index contributed by atoms with van der Waals surface area (Å²) in [7, 11) is 2.13. The van der Waals surface area contributed by atoms with E-state index in [0.29, 0.717) is 5.41 Å². The number of carbonyl (C=O) groups excluding carboxylic acids is 1. The van der Waals surface area contributed by atoms with Crippen molar-refractivity contribution < 1.29 is 4.79 Å². The number of aromatic nitrogens is 2. The van der Waals surface area contributed by atoms with Crippen LogP contribution in [0.15, 0.2) is 6.20 Å². The van der Waals surface area contributed by atoms with E-state index in [1.165, 1.54) is 0 Å². The molecule has 0 unspecified atom stereocenters. The highest BCUT2D eigenvalue weighted by atomic mass is 16.2. The Bertz CT molecular complexity index is 494. The zero-order valence-corrected chi connectivity index (χ0v) is 12.0. The molecule has 2 saturated heterocycles. The molecule has 2 fully saturated rings. The van der Waals surface area contributed by atoms with E-state index in [0.717, 1.165) is 50.4 Å². The Morgan fingerprint density at radius 3 is 2.63 bits per heavy atom. The molecule has 0 bridgehead atoms. The van der Waals surface area contributed by atoms with Crippen LogP contribution in [-0.4, -0.2) is 58.7 Å². The average Bonchev–Trinajstić information content (AvgIpc) is 2.62. The number of likely N-dealkylation sites (tertiary alicyclic amines) is 2. The summed E-state index contributed by atoms with van der Waals surface area (Å²) >= 11 is 0. The van der Waals surface area contributed by atoms with E-state index in [2.05, 4.69) is 24.0 Å². The highest BCUT2D eigenvalue weighted by Gasteiger charge is 2.52. The molecule has 3 heterocycles. The highest BCUT2D eigenvalue weighted by molar-refractivity contribution is 5.95. The maximum Gasteiger partial charge on any atom is 0.257 e. The van der Waals surface area contributed by atoms with Gasteiger partial charge in [0.1, 0.15) is 0 Å². The molecule has 0 saturated carbocycles. The van der Waals surface area contributed by atoms with Gasteiger partial charge in [-0.15, -0.1) is 0 Å². The van der Waals surface area contributed by atoms with Crippen LogP contribution in [0.1, 0.15) is 29.4 Å². The summed E-state index contributed by atoms with van der Waals surface area (Å²) in [6, 6.07) is 0. The Hall–Kier alpha value is -1.36. The molecular formula is C14H22N4O. The smallest absolute Gasteiger partial charge is 0.257 e. The van der Waals surface area contributed by atoms with E-state index in [1.54, 1.807) is 0 Å². The molecule has 19 heavy (non-hydrogen) atoms. The molecule has 1 spiro atoms. The van der Waals surface area contributed by atoms with E-state index in [4.69, 9.17) is 0 Å². The molecule has 1 aromatic heterocycles. The molecule has 5 nitrogen and oxygen atoms in total. The summed E-state index contributed by atoms with van der Waals surface area (Å²) in [6.07, 6.45) is 2.94. The van der Waals surface area contributed by atoms with Gasteiger partial charge in [-0.2, -0.15) is 5.10 Å². The maximum absolute atomic E-state index is 12.4. The average molecular weight is 262 g/mol. The van der Waals surface area contributed by atoms with Crippen molar-refractivity contribution in [2.24, 2.45) is 5.41 Å². The van der Waals surface area contributed by atoms with Crippen LogP contribution >= 0.6 is 0 Å². The number of amides is 1. The normalized spacial score (nSPS) is 21.3. The molecule has 3 rings (SSSR count). The maximum atomic E-state index is 12.4. The summed E-state index contributed by atoms with van der Waals surface area (Å²) in [6.45, 7) is 9.00. The first-order chi connectivity index (χ1) is 9.03. The molecule has 0 aromatic carbocycles. The fraction of sp³-hybridized carbons (Fsp3) is 0.714. The zero-order valence-electron chi connectivity index (χ0n) is 12.0. The fourth-order valence-corrected chi connectivity index (χ4v) is 3.45. The SMILES string of the molecule is CCCn1cc(C(=O)N2CC3(CN(C)C3)C2)c(C)n1. The summed E-state index contributed by atoms with van der Waals surface area (Å²) in [5.41, 5.74) is 2.03. The predicted octanol–water partition coefficient (Wildman–Crippen LogP) is 0.989. The number of aryl methyl sites for hydroxylation is 2. The fourth-order valence-electron chi connectivity index (χ4n) is 3.45. The molecule has 0 radical (unpaired) electrons. The third kappa shape index (κ3) is 2.06. The molecular weight excluding hydrogens is 240 g/mol. The van der Waals surface area contributed by atoms with Gasteiger partial charge in [0.25, 0.3) is 5.91 Å². The second-order valence-corrected chi connectivity index (χ2v) is 6.22. The van der Waals surface area contributed by atoms with Crippen LogP contribution in [0.2, 0.25) is 0 Å². The standard InChI is InChI=1S/C14H22N4O/c1-4-5-18-6-12(11(2)15-18)13(19)17-9-14(10-17)7-16(3)8-14/h6H,4-5,7-10H2,1-3H3. The summed E-state index contributed by atoms with van der Waals surface area (Å²) in [5, 5.41) is 4.41. The van der Waals surface area contributed by atoms with E-state index in [9.17, 15) is 4.79 Å². The molecule has 2 aliphatic rings. The largest absolute Gasteiger partial charge is 0.337 e. The van der Waals surface area contributed by atoms with Crippen LogP contribution in [0.25, 0.3) is 0 Å². The lowest BCUT2D eigenvalue weighted by Crippen LogP contribution is -2.72. The lowest BCUT2D eigenvalue weighted by Gasteiger charge is -2.59. The molecule has 0 aliphatic carbocycles. The first-order valence-corrected chi connectivity index (χ1v) is 7.05. The predicted molar refractivity (Wildman–Crippen MR) is 73.1 cm³/mol. The molecule has 1 aromatic rings. The monoisotopic (exact) mass is 262 g/mol. The van der Waals surface area contributed by atoms with Crippen LogP contribution in [-0.2, 0) is 6.54 Å². The molecule has 0 atom stereocenters. The van der Waals surface area contributed by atoms with Gasteiger partial charge in [-0.3, -0.25) is 9.48 Å². The Kier molecular flexibility index (Phi) is 2.89. The van der Waals surface area contributed by atoms with Gasteiger partial charge in [0.15, 0.2) is 0 Å². The van der Waals surface area contributed by atoms with Crippen LogP contribution < -0.4 is 0 Å². The van der Waals surface area contributed by atoms with E-state index in [1.807, 2.05) is 22.7 Å². The Morgan fingerprint density at radius 1 is 1.37 bits per heavy atom. The number of hydrogen-bond acceptors (Lipinski definition) is 3. The van der Waals surface area contributed by atoms with Crippen LogP contribution in [0.5, 0.6) is 0 Å². The van der Waals surface area contributed by atoms with Crippen LogP contribution in [0, 0.1) is 12.3 Å². The number of nitrogens with zero attached hydrogens (tertiary/aromatic N) is 4. The van der Waals surface area contributed by atoms with Crippen molar-refractivity contribution >= 4 is 5.91 Å². The molecule has 104 valence electrons. The van der Waals surface area contributed by atoms with Gasteiger partial charge in [0.05, 0.1) is 11.3 Å². The molecule has 5 heteroatoms. The van der Waals surface area contributed by atoms with Gasteiger partial charge in [0.2, 0.25) is 0 Å². The van der Waals surface area contributed by atoms with E-state index in [-0.39, 0.29) is 5.91 Å². The molecule has 1 amide bonds. The van der Waals surface area contributed by atoms with Crippen molar-refractivity contribution in [1.82, 2.24) is 19.6 Å². The van der Waals surface area contributed by atoms with E-state index < -0.39 is 0 Å². The summed E-state index contributed by atoms with van der Waals surface area (Å²) in [4.78, 5) is 16.7. The van der Waals surface area contributed by atoms with Gasteiger partial charge >= 0.3 is 0 Å². The molecule has 0 N–H and O–H groups in total. The lowest BCUT2D eigenvalue weighted by molar-refractivity contribution is -0.0872.